The van der Waals surface area contributed by atoms with Gasteiger partial charge in [0.15, 0.2) is 23.0 Å². The van der Waals surface area contributed by atoms with E-state index in [1.54, 1.807) is 14.2 Å². The fourth-order valence-electron chi connectivity index (χ4n) is 3.90. The highest BCUT2D eigenvalue weighted by Gasteiger charge is 2.25. The summed E-state index contributed by atoms with van der Waals surface area (Å²) in [6, 6.07) is 7.84. The first-order valence-corrected chi connectivity index (χ1v) is 9.12. The highest BCUT2D eigenvalue weighted by Crippen LogP contribution is 2.40. The normalized spacial score (nSPS) is 19.2. The number of methoxy groups -OCH3 is 2. The molecule has 4 rings (SSSR count). The summed E-state index contributed by atoms with van der Waals surface area (Å²) in [5.41, 5.74) is 4.11. The second kappa shape index (κ2) is 7.29. The molecule has 2 aliphatic rings. The minimum atomic E-state index is -0.630. The maximum absolute atomic E-state index is 11.0. The van der Waals surface area contributed by atoms with Gasteiger partial charge in [0.05, 0.1) is 20.3 Å². The first-order chi connectivity index (χ1) is 13.1. The van der Waals surface area contributed by atoms with Crippen LogP contribution in [0.2, 0.25) is 0 Å². The van der Waals surface area contributed by atoms with E-state index in [0.717, 1.165) is 53.3 Å². The van der Waals surface area contributed by atoms with Crippen LogP contribution in [0.3, 0.4) is 0 Å². The zero-order valence-electron chi connectivity index (χ0n) is 15.9. The molecule has 0 radical (unpaired) electrons. The lowest BCUT2D eigenvalue weighted by Gasteiger charge is -2.26. The van der Waals surface area contributed by atoms with Crippen LogP contribution in [0, 0.1) is 0 Å². The molecule has 2 aromatic carbocycles. The molecule has 2 aliphatic heterocycles. The van der Waals surface area contributed by atoms with Gasteiger partial charge < -0.3 is 29.0 Å². The van der Waals surface area contributed by atoms with E-state index in [1.165, 1.54) is 0 Å². The van der Waals surface area contributed by atoms with Crippen LogP contribution in [0.15, 0.2) is 24.3 Å². The summed E-state index contributed by atoms with van der Waals surface area (Å²) in [5, 5.41) is 11.0. The smallest absolute Gasteiger partial charge is 0.231 e. The molecule has 0 aromatic heterocycles. The monoisotopic (exact) mass is 371 g/mol. The van der Waals surface area contributed by atoms with Crippen molar-refractivity contribution < 1.29 is 24.1 Å². The lowest BCUT2D eigenvalue weighted by molar-refractivity contribution is 0.170. The van der Waals surface area contributed by atoms with E-state index < -0.39 is 6.10 Å². The maximum atomic E-state index is 11.0. The topological polar surface area (TPSA) is 60.4 Å². The molecule has 144 valence electrons. The molecular weight excluding hydrogens is 346 g/mol. The van der Waals surface area contributed by atoms with Crippen LogP contribution in [0.5, 0.6) is 23.0 Å². The molecule has 27 heavy (non-hydrogen) atoms. The summed E-state index contributed by atoms with van der Waals surface area (Å²) in [7, 11) is 5.39. The van der Waals surface area contributed by atoms with Gasteiger partial charge in [-0.1, -0.05) is 6.07 Å². The number of hydrogen-bond acceptors (Lipinski definition) is 6. The fourth-order valence-corrected chi connectivity index (χ4v) is 3.90. The van der Waals surface area contributed by atoms with Crippen LogP contribution in [0.25, 0.3) is 0 Å². The second-order valence-corrected chi connectivity index (χ2v) is 7.05. The summed E-state index contributed by atoms with van der Waals surface area (Å²) in [6.07, 6.45) is 0.687. The molecule has 2 heterocycles. The molecule has 0 aliphatic carbocycles. The molecule has 0 unspecified atom stereocenters. The third kappa shape index (κ3) is 3.31. The molecular formula is C21H25NO5. The SMILES string of the molecule is COc1ccc2c(c1OC)CN(C)CCc1cc3c(cc1[C@H](O)C2)OCO3. The first kappa shape index (κ1) is 17.9. The van der Waals surface area contributed by atoms with Crippen LogP contribution in [0.4, 0.5) is 0 Å². The van der Waals surface area contributed by atoms with Crippen LogP contribution in [-0.4, -0.2) is 44.6 Å². The van der Waals surface area contributed by atoms with Gasteiger partial charge in [-0.3, -0.25) is 0 Å². The van der Waals surface area contributed by atoms with Crippen molar-refractivity contribution in [2.45, 2.75) is 25.5 Å². The van der Waals surface area contributed by atoms with Gasteiger partial charge in [0, 0.05) is 25.1 Å². The van der Waals surface area contributed by atoms with E-state index in [0.29, 0.717) is 17.9 Å². The van der Waals surface area contributed by atoms with E-state index in [-0.39, 0.29) is 6.79 Å². The van der Waals surface area contributed by atoms with E-state index >= 15 is 0 Å². The molecule has 6 nitrogen and oxygen atoms in total. The Bertz CT molecular complexity index is 851. The molecule has 0 amide bonds. The Labute approximate surface area is 159 Å². The van der Waals surface area contributed by atoms with E-state index in [9.17, 15) is 5.11 Å². The third-order valence-corrected chi connectivity index (χ3v) is 5.34. The summed E-state index contributed by atoms with van der Waals surface area (Å²) in [6.45, 7) is 1.80. The van der Waals surface area contributed by atoms with Gasteiger partial charge in [-0.25, -0.2) is 0 Å². The number of likely N-dealkylation sites (N-methyl/N-ethyl adjacent to an activating group) is 1. The van der Waals surface area contributed by atoms with Gasteiger partial charge >= 0.3 is 0 Å². The molecule has 0 bridgehead atoms. The van der Waals surface area contributed by atoms with Crippen LogP contribution < -0.4 is 18.9 Å². The Morgan fingerprint density at radius 1 is 1.07 bits per heavy atom. The Hall–Kier alpha value is -2.44. The number of hydrogen-bond donors (Lipinski definition) is 1. The lowest BCUT2D eigenvalue weighted by Crippen LogP contribution is -2.24. The fraction of sp³-hybridized carbons (Fsp3) is 0.429. The van der Waals surface area contributed by atoms with Crippen molar-refractivity contribution in [3.63, 3.8) is 0 Å². The summed E-state index contributed by atoms with van der Waals surface area (Å²) in [4.78, 5) is 2.26. The summed E-state index contributed by atoms with van der Waals surface area (Å²) < 4.78 is 22.1. The van der Waals surface area contributed by atoms with Crippen molar-refractivity contribution >= 4 is 0 Å². The number of ether oxygens (including phenoxy) is 4. The van der Waals surface area contributed by atoms with Crippen LogP contribution in [0.1, 0.15) is 28.4 Å². The Morgan fingerprint density at radius 3 is 2.59 bits per heavy atom. The molecule has 0 saturated heterocycles. The predicted octanol–water partition coefficient (Wildman–Crippen LogP) is 2.70. The molecule has 2 aromatic rings. The van der Waals surface area contributed by atoms with Gasteiger partial charge in [-0.2, -0.15) is 0 Å². The third-order valence-electron chi connectivity index (χ3n) is 5.34. The van der Waals surface area contributed by atoms with E-state index in [1.807, 2.05) is 24.3 Å². The summed E-state index contributed by atoms with van der Waals surface area (Å²) >= 11 is 0. The highest BCUT2D eigenvalue weighted by molar-refractivity contribution is 5.53. The molecule has 0 spiro atoms. The quantitative estimate of drug-likeness (QED) is 0.876. The number of benzene rings is 2. The van der Waals surface area contributed by atoms with Gasteiger partial charge in [0.25, 0.3) is 0 Å². The number of aliphatic hydroxyl groups is 1. The van der Waals surface area contributed by atoms with Gasteiger partial charge in [-0.05, 0) is 48.4 Å². The van der Waals surface area contributed by atoms with Gasteiger partial charge in [0.2, 0.25) is 6.79 Å². The Kier molecular flexibility index (Phi) is 4.85. The van der Waals surface area contributed by atoms with E-state index in [4.69, 9.17) is 18.9 Å². The van der Waals surface area contributed by atoms with Crippen molar-refractivity contribution in [3.8, 4) is 23.0 Å². The van der Waals surface area contributed by atoms with Crippen LogP contribution >= 0.6 is 0 Å². The second-order valence-electron chi connectivity index (χ2n) is 7.05. The standard InChI is InChI=1S/C21H25NO5/c1-22-7-6-14-9-19-20(27-12-26-19)10-15(14)17(23)8-13-4-5-18(24-2)21(25-3)16(13)11-22/h4-5,9-10,17,23H,6-8,11-12H2,1-3H3/t17-/m1/s1. The molecule has 1 N–H and O–H groups in total. The highest BCUT2D eigenvalue weighted by atomic mass is 16.7. The first-order valence-electron chi connectivity index (χ1n) is 9.12. The zero-order valence-corrected chi connectivity index (χ0v) is 15.9. The molecule has 0 fully saturated rings. The molecule has 6 heteroatoms. The van der Waals surface area contributed by atoms with E-state index in [2.05, 4.69) is 11.9 Å². The van der Waals surface area contributed by atoms with Crippen molar-refractivity contribution in [2.75, 3.05) is 34.6 Å². The average Bonchev–Trinajstić information content (AvgIpc) is 3.13. The molecule has 0 saturated carbocycles. The zero-order chi connectivity index (χ0) is 19.0. The number of rotatable bonds is 2. The number of nitrogens with zero attached hydrogens (tertiary/aromatic N) is 1. The van der Waals surface area contributed by atoms with Crippen molar-refractivity contribution in [3.05, 3.63) is 46.5 Å². The Balaban J connectivity index is 1.79. The number of fused-ring (bicyclic) bond motifs is 3. The lowest BCUT2D eigenvalue weighted by atomic mass is 9.91. The minimum Gasteiger partial charge on any atom is -0.493 e. The molecule has 1 atom stereocenters. The van der Waals surface area contributed by atoms with Crippen molar-refractivity contribution in [2.24, 2.45) is 0 Å². The van der Waals surface area contributed by atoms with Gasteiger partial charge in [-0.15, -0.1) is 0 Å². The van der Waals surface area contributed by atoms with Crippen molar-refractivity contribution in [1.82, 2.24) is 4.90 Å². The maximum Gasteiger partial charge on any atom is 0.231 e. The van der Waals surface area contributed by atoms with Crippen molar-refractivity contribution in [1.29, 1.82) is 0 Å². The summed E-state index contributed by atoms with van der Waals surface area (Å²) in [5.74, 6) is 2.90. The minimum absolute atomic E-state index is 0.230. The number of aliphatic hydroxyl groups excluding tert-OH is 1. The predicted molar refractivity (Wildman–Crippen MR) is 101 cm³/mol. The average molecular weight is 371 g/mol. The largest absolute Gasteiger partial charge is 0.493 e. The van der Waals surface area contributed by atoms with Gasteiger partial charge in [0.1, 0.15) is 0 Å². The van der Waals surface area contributed by atoms with Crippen LogP contribution in [-0.2, 0) is 19.4 Å². The Morgan fingerprint density at radius 2 is 1.85 bits per heavy atom.